The molecule has 1 aromatic rings. The highest BCUT2D eigenvalue weighted by Crippen LogP contribution is 2.26. The van der Waals surface area contributed by atoms with Crippen molar-refractivity contribution in [3.63, 3.8) is 0 Å². The van der Waals surface area contributed by atoms with Gasteiger partial charge in [0.25, 0.3) is 5.69 Å². The van der Waals surface area contributed by atoms with Crippen LogP contribution in [-0.4, -0.2) is 26.9 Å². The van der Waals surface area contributed by atoms with E-state index in [1.165, 1.54) is 18.2 Å². The lowest BCUT2D eigenvalue weighted by Crippen LogP contribution is -2.28. The second-order valence-corrected chi connectivity index (χ2v) is 6.17. The maximum absolute atomic E-state index is 12.0. The van der Waals surface area contributed by atoms with Gasteiger partial charge < -0.3 is 5.32 Å². The van der Waals surface area contributed by atoms with Gasteiger partial charge in [0, 0.05) is 25.3 Å². The van der Waals surface area contributed by atoms with Crippen LogP contribution >= 0.6 is 0 Å². The monoisotopic (exact) mass is 287 g/mol. The van der Waals surface area contributed by atoms with Crippen LogP contribution in [0.15, 0.2) is 23.1 Å². The van der Waals surface area contributed by atoms with E-state index >= 15 is 0 Å². The fourth-order valence-corrected chi connectivity index (χ4v) is 2.76. The summed E-state index contributed by atoms with van der Waals surface area (Å²) >= 11 is 0. The van der Waals surface area contributed by atoms with Gasteiger partial charge in [0.05, 0.1) is 4.92 Å². The molecule has 2 N–H and O–H groups in total. The molecule has 19 heavy (non-hydrogen) atoms. The van der Waals surface area contributed by atoms with Crippen LogP contribution in [0, 0.1) is 16.0 Å². The molecule has 0 bridgehead atoms. The van der Waals surface area contributed by atoms with Gasteiger partial charge >= 0.3 is 0 Å². The fourth-order valence-electron chi connectivity index (χ4n) is 1.40. The number of nitrogens with zero attached hydrogens (tertiary/aromatic N) is 1. The smallest absolute Gasteiger partial charge is 0.291 e. The SMILES string of the molecule is CNc1ccc(S(=O)(=O)NCC(C)C)c([N+](=O)[O-])c1. The van der Waals surface area contributed by atoms with Crippen molar-refractivity contribution in [2.75, 3.05) is 18.9 Å². The minimum atomic E-state index is -3.88. The Kier molecular flexibility index (Phi) is 4.84. The molecule has 106 valence electrons. The van der Waals surface area contributed by atoms with Crippen molar-refractivity contribution in [3.05, 3.63) is 28.3 Å². The summed E-state index contributed by atoms with van der Waals surface area (Å²) in [6.07, 6.45) is 0. The zero-order valence-corrected chi connectivity index (χ0v) is 11.8. The summed E-state index contributed by atoms with van der Waals surface area (Å²) in [7, 11) is -2.27. The first kappa shape index (κ1) is 15.4. The number of rotatable bonds is 6. The largest absolute Gasteiger partial charge is 0.388 e. The van der Waals surface area contributed by atoms with E-state index in [-0.39, 0.29) is 17.4 Å². The Morgan fingerprint density at radius 2 is 2.00 bits per heavy atom. The number of hydrogen-bond acceptors (Lipinski definition) is 5. The minimum absolute atomic E-state index is 0.116. The maximum Gasteiger partial charge on any atom is 0.291 e. The molecule has 0 saturated carbocycles. The summed E-state index contributed by atoms with van der Waals surface area (Å²) in [6.45, 7) is 3.93. The molecule has 0 aliphatic rings. The highest BCUT2D eigenvalue weighted by atomic mass is 32.2. The fraction of sp³-hybridized carbons (Fsp3) is 0.455. The normalized spacial score (nSPS) is 11.6. The van der Waals surface area contributed by atoms with Crippen LogP contribution < -0.4 is 10.0 Å². The van der Waals surface area contributed by atoms with Gasteiger partial charge in [-0.3, -0.25) is 10.1 Å². The predicted octanol–water partition coefficient (Wildman–Crippen LogP) is 1.57. The van der Waals surface area contributed by atoms with Gasteiger partial charge in [-0.15, -0.1) is 0 Å². The van der Waals surface area contributed by atoms with Crippen molar-refractivity contribution < 1.29 is 13.3 Å². The third kappa shape index (κ3) is 3.90. The average molecular weight is 287 g/mol. The van der Waals surface area contributed by atoms with Gasteiger partial charge in [0.2, 0.25) is 10.0 Å². The van der Waals surface area contributed by atoms with Gasteiger partial charge in [-0.05, 0) is 18.1 Å². The molecule has 0 amide bonds. The molecule has 0 aliphatic heterocycles. The molecule has 0 aromatic heterocycles. The van der Waals surface area contributed by atoms with Gasteiger partial charge in [-0.25, -0.2) is 13.1 Å². The Hall–Kier alpha value is -1.67. The van der Waals surface area contributed by atoms with Crippen LogP contribution in [0.5, 0.6) is 0 Å². The molecule has 0 unspecified atom stereocenters. The second-order valence-electron chi connectivity index (χ2n) is 4.44. The van der Waals surface area contributed by atoms with Crippen LogP contribution in [-0.2, 0) is 10.0 Å². The Labute approximate surface area is 112 Å². The Balaban J connectivity index is 3.22. The number of benzene rings is 1. The Morgan fingerprint density at radius 3 is 2.47 bits per heavy atom. The lowest BCUT2D eigenvalue weighted by molar-refractivity contribution is -0.387. The van der Waals surface area contributed by atoms with Gasteiger partial charge in [-0.1, -0.05) is 13.8 Å². The van der Waals surface area contributed by atoms with Crippen LogP contribution in [0.1, 0.15) is 13.8 Å². The van der Waals surface area contributed by atoms with E-state index in [1.54, 1.807) is 7.05 Å². The second kappa shape index (κ2) is 5.98. The summed E-state index contributed by atoms with van der Waals surface area (Å²) in [5.74, 6) is 0.116. The summed E-state index contributed by atoms with van der Waals surface area (Å²) in [5.41, 5.74) is 0.0395. The van der Waals surface area contributed by atoms with Crippen LogP contribution in [0.4, 0.5) is 11.4 Å². The van der Waals surface area contributed by atoms with E-state index in [4.69, 9.17) is 0 Å². The number of nitro groups is 1. The predicted molar refractivity (Wildman–Crippen MR) is 72.7 cm³/mol. The molecule has 0 heterocycles. The third-order valence-corrected chi connectivity index (χ3v) is 3.89. The van der Waals surface area contributed by atoms with Crippen molar-refractivity contribution in [1.82, 2.24) is 4.72 Å². The summed E-state index contributed by atoms with van der Waals surface area (Å²) in [6, 6.07) is 3.91. The van der Waals surface area contributed by atoms with E-state index in [0.29, 0.717) is 5.69 Å². The van der Waals surface area contributed by atoms with Gasteiger partial charge in [0.15, 0.2) is 4.90 Å². The van der Waals surface area contributed by atoms with Crippen molar-refractivity contribution in [2.24, 2.45) is 5.92 Å². The number of anilines is 1. The van der Waals surface area contributed by atoms with E-state index < -0.39 is 20.6 Å². The zero-order valence-electron chi connectivity index (χ0n) is 11.0. The van der Waals surface area contributed by atoms with Crippen molar-refractivity contribution >= 4 is 21.4 Å². The first-order valence-corrected chi connectivity index (χ1v) is 7.22. The molecule has 1 aromatic carbocycles. The van der Waals surface area contributed by atoms with Gasteiger partial charge in [-0.2, -0.15) is 0 Å². The molecule has 8 heteroatoms. The van der Waals surface area contributed by atoms with E-state index in [2.05, 4.69) is 10.0 Å². The van der Waals surface area contributed by atoms with Crippen molar-refractivity contribution in [3.8, 4) is 0 Å². The zero-order chi connectivity index (χ0) is 14.6. The van der Waals surface area contributed by atoms with E-state index in [9.17, 15) is 18.5 Å². The number of sulfonamides is 1. The standard InChI is InChI=1S/C11H17N3O4S/c1-8(2)7-13-19(17,18)11-5-4-9(12-3)6-10(11)14(15)16/h4-6,8,12-13H,7H2,1-3H3. The molecule has 0 fully saturated rings. The Morgan fingerprint density at radius 1 is 1.37 bits per heavy atom. The van der Waals surface area contributed by atoms with E-state index in [0.717, 1.165) is 0 Å². The van der Waals surface area contributed by atoms with Crippen LogP contribution in [0.25, 0.3) is 0 Å². The Bertz CT molecular complexity index is 569. The topological polar surface area (TPSA) is 101 Å². The lowest BCUT2D eigenvalue weighted by Gasteiger charge is -2.10. The molecular weight excluding hydrogens is 270 g/mol. The first-order valence-electron chi connectivity index (χ1n) is 5.73. The molecule has 0 atom stereocenters. The minimum Gasteiger partial charge on any atom is -0.388 e. The molecule has 1 rings (SSSR count). The molecule has 7 nitrogen and oxygen atoms in total. The van der Waals surface area contributed by atoms with Crippen molar-refractivity contribution in [2.45, 2.75) is 18.7 Å². The maximum atomic E-state index is 12.0. The summed E-state index contributed by atoms with van der Waals surface area (Å²) < 4.78 is 26.4. The average Bonchev–Trinajstić information content (AvgIpc) is 2.35. The van der Waals surface area contributed by atoms with Gasteiger partial charge in [0.1, 0.15) is 0 Å². The molecular formula is C11H17N3O4S. The summed E-state index contributed by atoms with van der Waals surface area (Å²) in [5, 5.41) is 13.7. The number of nitrogens with one attached hydrogen (secondary N) is 2. The lowest BCUT2D eigenvalue weighted by atomic mass is 10.2. The van der Waals surface area contributed by atoms with Crippen molar-refractivity contribution in [1.29, 1.82) is 0 Å². The van der Waals surface area contributed by atoms with Crippen LogP contribution in [0.2, 0.25) is 0 Å². The quantitative estimate of drug-likeness (QED) is 0.611. The summed E-state index contributed by atoms with van der Waals surface area (Å²) in [4.78, 5) is 9.93. The number of nitro benzene ring substituents is 1. The highest BCUT2D eigenvalue weighted by Gasteiger charge is 2.25. The molecule has 0 aliphatic carbocycles. The number of hydrogen-bond donors (Lipinski definition) is 2. The highest BCUT2D eigenvalue weighted by molar-refractivity contribution is 7.89. The molecule has 0 spiro atoms. The first-order chi connectivity index (χ1) is 8.77. The van der Waals surface area contributed by atoms with Crippen LogP contribution in [0.3, 0.4) is 0 Å². The molecule has 0 saturated heterocycles. The van der Waals surface area contributed by atoms with E-state index in [1.807, 2.05) is 13.8 Å². The third-order valence-electron chi connectivity index (χ3n) is 2.42. The molecule has 0 radical (unpaired) electrons.